The number of nitrogens with zero attached hydrogens (tertiary/aromatic N) is 1. The number of benzene rings is 1. The molecule has 0 spiro atoms. The molecular weight excluding hydrogens is 238 g/mol. The number of hydrogen-bond acceptors (Lipinski definition) is 3. The number of likely N-dealkylation sites (N-methyl/N-ethyl adjacent to an activating group) is 2. The van der Waals surface area contributed by atoms with E-state index in [1.807, 2.05) is 33.2 Å². The van der Waals surface area contributed by atoms with Gasteiger partial charge in [0.25, 0.3) is 0 Å². The average molecular weight is 258 g/mol. The van der Waals surface area contributed by atoms with Crippen LogP contribution in [0.15, 0.2) is 24.3 Å². The first-order chi connectivity index (χ1) is 8.56. The van der Waals surface area contributed by atoms with Gasteiger partial charge in [-0.3, -0.25) is 4.90 Å². The minimum Gasteiger partial charge on any atom is -0.434 e. The van der Waals surface area contributed by atoms with E-state index in [1.165, 1.54) is 0 Å². The lowest BCUT2D eigenvalue weighted by atomic mass is 10.1. The number of ether oxygens (including phenoxy) is 1. The van der Waals surface area contributed by atoms with Gasteiger partial charge in [-0.1, -0.05) is 18.2 Å². The number of rotatable bonds is 7. The van der Waals surface area contributed by atoms with Gasteiger partial charge in [0.1, 0.15) is 5.75 Å². The smallest absolute Gasteiger partial charge is 0.387 e. The number of halogens is 2. The highest BCUT2D eigenvalue weighted by molar-refractivity contribution is 5.35. The monoisotopic (exact) mass is 258 g/mol. The van der Waals surface area contributed by atoms with Crippen molar-refractivity contribution < 1.29 is 13.5 Å². The van der Waals surface area contributed by atoms with Crippen molar-refractivity contribution in [1.82, 2.24) is 10.2 Å². The molecule has 5 heteroatoms. The lowest BCUT2D eigenvalue weighted by Crippen LogP contribution is -2.30. The van der Waals surface area contributed by atoms with Crippen LogP contribution in [0.5, 0.6) is 5.75 Å². The normalized spacial score (nSPS) is 13.1. The molecular formula is C13H20F2N2O. The largest absolute Gasteiger partial charge is 0.434 e. The van der Waals surface area contributed by atoms with Gasteiger partial charge in [-0.05, 0) is 27.1 Å². The Morgan fingerprint density at radius 1 is 1.33 bits per heavy atom. The van der Waals surface area contributed by atoms with E-state index in [0.717, 1.165) is 18.7 Å². The van der Waals surface area contributed by atoms with Crippen molar-refractivity contribution in [3.05, 3.63) is 29.8 Å². The fourth-order valence-corrected chi connectivity index (χ4v) is 1.75. The molecule has 1 aromatic rings. The van der Waals surface area contributed by atoms with Crippen molar-refractivity contribution in [2.75, 3.05) is 27.2 Å². The van der Waals surface area contributed by atoms with Crippen LogP contribution in [0.1, 0.15) is 18.5 Å². The second-order valence-electron chi connectivity index (χ2n) is 4.18. The average Bonchev–Trinajstić information content (AvgIpc) is 2.35. The second-order valence-corrected chi connectivity index (χ2v) is 4.18. The van der Waals surface area contributed by atoms with Crippen molar-refractivity contribution in [2.24, 2.45) is 0 Å². The zero-order valence-electron chi connectivity index (χ0n) is 11.0. The molecule has 0 amide bonds. The molecule has 1 unspecified atom stereocenters. The molecule has 0 heterocycles. The van der Waals surface area contributed by atoms with Gasteiger partial charge in [-0.25, -0.2) is 0 Å². The van der Waals surface area contributed by atoms with Crippen LogP contribution < -0.4 is 10.1 Å². The molecule has 0 fully saturated rings. The molecule has 0 aliphatic heterocycles. The number of hydrogen-bond donors (Lipinski definition) is 1. The first-order valence-electron chi connectivity index (χ1n) is 5.94. The highest BCUT2D eigenvalue weighted by Gasteiger charge is 2.17. The van der Waals surface area contributed by atoms with E-state index in [1.54, 1.807) is 12.1 Å². The van der Waals surface area contributed by atoms with Gasteiger partial charge >= 0.3 is 6.61 Å². The van der Waals surface area contributed by atoms with E-state index < -0.39 is 6.61 Å². The lowest BCUT2D eigenvalue weighted by Gasteiger charge is -2.26. The Balaban J connectivity index is 2.80. The first kappa shape index (κ1) is 14.9. The van der Waals surface area contributed by atoms with Crippen molar-refractivity contribution in [1.29, 1.82) is 0 Å². The van der Waals surface area contributed by atoms with E-state index in [4.69, 9.17) is 0 Å². The Bertz CT molecular complexity index is 361. The summed E-state index contributed by atoms with van der Waals surface area (Å²) >= 11 is 0. The van der Waals surface area contributed by atoms with Crippen molar-refractivity contribution in [3.8, 4) is 5.75 Å². The summed E-state index contributed by atoms with van der Waals surface area (Å²) in [6.07, 6.45) is 0. The van der Waals surface area contributed by atoms with Crippen LogP contribution in [0.2, 0.25) is 0 Å². The molecule has 1 atom stereocenters. The topological polar surface area (TPSA) is 24.5 Å². The molecule has 102 valence electrons. The summed E-state index contributed by atoms with van der Waals surface area (Å²) < 4.78 is 29.2. The van der Waals surface area contributed by atoms with E-state index in [2.05, 4.69) is 15.0 Å². The van der Waals surface area contributed by atoms with E-state index in [0.29, 0.717) is 0 Å². The molecule has 1 rings (SSSR count). The van der Waals surface area contributed by atoms with Gasteiger partial charge in [0.2, 0.25) is 0 Å². The maximum absolute atomic E-state index is 12.3. The summed E-state index contributed by atoms with van der Waals surface area (Å²) in [5.41, 5.74) is 0.774. The molecule has 0 aromatic heterocycles. The van der Waals surface area contributed by atoms with Gasteiger partial charge in [-0.2, -0.15) is 8.78 Å². The molecule has 0 aliphatic carbocycles. The van der Waals surface area contributed by atoms with Crippen LogP contribution in [-0.4, -0.2) is 38.7 Å². The molecule has 0 saturated carbocycles. The van der Waals surface area contributed by atoms with Gasteiger partial charge in [-0.15, -0.1) is 0 Å². The number of para-hydroxylation sites is 1. The summed E-state index contributed by atoms with van der Waals surface area (Å²) in [4.78, 5) is 2.09. The minimum atomic E-state index is -2.79. The van der Waals surface area contributed by atoms with Crippen LogP contribution in [-0.2, 0) is 0 Å². The third-order valence-electron chi connectivity index (χ3n) is 2.96. The Hall–Kier alpha value is -1.20. The predicted octanol–water partition coefficient (Wildman–Crippen LogP) is 2.50. The maximum atomic E-state index is 12.3. The predicted molar refractivity (Wildman–Crippen MR) is 68.0 cm³/mol. The van der Waals surface area contributed by atoms with Gasteiger partial charge < -0.3 is 10.1 Å². The Morgan fingerprint density at radius 2 is 2.00 bits per heavy atom. The SMILES string of the molecule is CNCCN(C)C(C)c1ccccc1OC(F)F. The second kappa shape index (κ2) is 7.28. The van der Waals surface area contributed by atoms with Crippen LogP contribution >= 0.6 is 0 Å². The number of alkyl halides is 2. The molecule has 18 heavy (non-hydrogen) atoms. The lowest BCUT2D eigenvalue weighted by molar-refractivity contribution is -0.0510. The first-order valence-corrected chi connectivity index (χ1v) is 5.94. The zero-order valence-corrected chi connectivity index (χ0v) is 11.0. The summed E-state index contributed by atoms with van der Waals surface area (Å²) in [6, 6.07) is 6.94. The third kappa shape index (κ3) is 4.23. The summed E-state index contributed by atoms with van der Waals surface area (Å²) in [6.45, 7) is 0.865. The summed E-state index contributed by atoms with van der Waals surface area (Å²) in [5.74, 6) is 0.247. The third-order valence-corrected chi connectivity index (χ3v) is 2.96. The van der Waals surface area contributed by atoms with Crippen molar-refractivity contribution in [2.45, 2.75) is 19.6 Å². The highest BCUT2D eigenvalue weighted by Crippen LogP contribution is 2.29. The highest BCUT2D eigenvalue weighted by atomic mass is 19.3. The molecule has 0 saturated heterocycles. The quantitative estimate of drug-likeness (QED) is 0.813. The van der Waals surface area contributed by atoms with Crippen LogP contribution in [0.25, 0.3) is 0 Å². The molecule has 0 bridgehead atoms. The van der Waals surface area contributed by atoms with E-state index in [-0.39, 0.29) is 11.8 Å². The molecule has 3 nitrogen and oxygen atoms in total. The molecule has 1 aromatic carbocycles. The Morgan fingerprint density at radius 3 is 2.61 bits per heavy atom. The maximum Gasteiger partial charge on any atom is 0.387 e. The van der Waals surface area contributed by atoms with Crippen molar-refractivity contribution >= 4 is 0 Å². The standard InChI is InChI=1S/C13H20F2N2O/c1-10(17(3)9-8-16-2)11-6-4-5-7-12(11)18-13(14)15/h4-7,10,13,16H,8-9H2,1-3H3. The fourth-order valence-electron chi connectivity index (χ4n) is 1.75. The van der Waals surface area contributed by atoms with E-state index >= 15 is 0 Å². The van der Waals surface area contributed by atoms with Crippen LogP contribution in [0.4, 0.5) is 8.78 Å². The number of nitrogens with one attached hydrogen (secondary N) is 1. The molecule has 0 aliphatic rings. The fraction of sp³-hybridized carbons (Fsp3) is 0.538. The van der Waals surface area contributed by atoms with Crippen molar-refractivity contribution in [3.63, 3.8) is 0 Å². The Labute approximate surface area is 107 Å². The van der Waals surface area contributed by atoms with Crippen LogP contribution in [0, 0.1) is 0 Å². The van der Waals surface area contributed by atoms with Gasteiger partial charge in [0.15, 0.2) is 0 Å². The van der Waals surface area contributed by atoms with Gasteiger partial charge in [0, 0.05) is 24.7 Å². The zero-order chi connectivity index (χ0) is 13.5. The Kier molecular flexibility index (Phi) is 6.01. The summed E-state index contributed by atoms with van der Waals surface area (Å²) in [7, 11) is 3.84. The van der Waals surface area contributed by atoms with Gasteiger partial charge in [0.05, 0.1) is 0 Å². The van der Waals surface area contributed by atoms with E-state index in [9.17, 15) is 8.78 Å². The molecule has 1 N–H and O–H groups in total. The summed E-state index contributed by atoms with van der Waals surface area (Å²) in [5, 5.41) is 3.06. The molecule has 0 radical (unpaired) electrons. The van der Waals surface area contributed by atoms with Crippen LogP contribution in [0.3, 0.4) is 0 Å². The minimum absolute atomic E-state index is 0.0216.